The van der Waals surface area contributed by atoms with Crippen molar-refractivity contribution < 1.29 is 18.0 Å². The van der Waals surface area contributed by atoms with Crippen molar-refractivity contribution in [3.8, 4) is 0 Å². The van der Waals surface area contributed by atoms with E-state index >= 15 is 0 Å². The number of hydrogen-bond donors (Lipinski definition) is 1. The van der Waals surface area contributed by atoms with Gasteiger partial charge in [0.15, 0.2) is 0 Å². The van der Waals surface area contributed by atoms with Crippen LogP contribution in [0.25, 0.3) is 0 Å². The lowest BCUT2D eigenvalue weighted by atomic mass is 10.00. The maximum absolute atomic E-state index is 12.8. The van der Waals surface area contributed by atoms with Gasteiger partial charge in [0.05, 0.1) is 22.3 Å². The van der Waals surface area contributed by atoms with Gasteiger partial charge in [0, 0.05) is 29.9 Å². The largest absolute Gasteiger partial charge is 0.417 e. The molecule has 1 saturated heterocycles. The molecule has 1 aromatic carbocycles. The monoisotopic (exact) mass is 382 g/mol. The lowest BCUT2D eigenvalue weighted by Crippen LogP contribution is -2.44. The van der Waals surface area contributed by atoms with E-state index in [0.717, 1.165) is 36.2 Å². The fraction of sp³-hybridized carbons (Fsp3) is 0.353. The van der Waals surface area contributed by atoms with E-state index in [-0.39, 0.29) is 23.8 Å². The third kappa shape index (κ3) is 2.88. The molecular formula is C17H14ClF3N4O. The van der Waals surface area contributed by atoms with E-state index < -0.39 is 16.8 Å². The lowest BCUT2D eigenvalue weighted by Gasteiger charge is -2.35. The molecule has 2 aliphatic heterocycles. The Morgan fingerprint density at radius 3 is 2.85 bits per heavy atom. The number of aromatic nitrogens is 2. The molecule has 5 nitrogen and oxygen atoms in total. The zero-order valence-corrected chi connectivity index (χ0v) is 14.2. The number of alkyl halides is 3. The fourth-order valence-corrected chi connectivity index (χ4v) is 4.03. The summed E-state index contributed by atoms with van der Waals surface area (Å²) in [6.45, 7) is 0. The van der Waals surface area contributed by atoms with Gasteiger partial charge in [-0.05, 0) is 31.0 Å². The van der Waals surface area contributed by atoms with Crippen LogP contribution in [0.5, 0.6) is 0 Å². The molecule has 136 valence electrons. The maximum Gasteiger partial charge on any atom is 0.417 e. The summed E-state index contributed by atoms with van der Waals surface area (Å²) in [6.07, 6.45) is 1.00. The minimum atomic E-state index is -4.53. The highest BCUT2D eigenvalue weighted by Crippen LogP contribution is 2.43. The van der Waals surface area contributed by atoms with E-state index in [2.05, 4.69) is 15.3 Å². The molecule has 1 fully saturated rings. The highest BCUT2D eigenvalue weighted by Gasteiger charge is 2.43. The summed E-state index contributed by atoms with van der Waals surface area (Å²) in [5.41, 5.74) is 1.18. The molecule has 1 N–H and O–H groups in total. The van der Waals surface area contributed by atoms with Crippen molar-refractivity contribution in [3.63, 3.8) is 0 Å². The fourth-order valence-electron chi connectivity index (χ4n) is 3.74. The van der Waals surface area contributed by atoms with Crippen LogP contribution >= 0.6 is 11.6 Å². The SMILES string of the molecule is O=C(Nc1ccc(C(F)(F)F)c(Cl)c1)N1C2CCC1c1cncnc1C2. The van der Waals surface area contributed by atoms with Crippen LogP contribution < -0.4 is 5.32 Å². The van der Waals surface area contributed by atoms with Gasteiger partial charge in [-0.2, -0.15) is 13.2 Å². The predicted octanol–water partition coefficient (Wildman–Crippen LogP) is 4.44. The third-order valence-electron chi connectivity index (χ3n) is 4.88. The number of fused-ring (bicyclic) bond motifs is 4. The van der Waals surface area contributed by atoms with Gasteiger partial charge >= 0.3 is 12.2 Å². The van der Waals surface area contributed by atoms with Gasteiger partial charge in [-0.15, -0.1) is 0 Å². The summed E-state index contributed by atoms with van der Waals surface area (Å²) in [7, 11) is 0. The van der Waals surface area contributed by atoms with Gasteiger partial charge in [0.1, 0.15) is 6.33 Å². The Bertz CT molecular complexity index is 873. The normalized spacial score (nSPS) is 21.5. The number of urea groups is 1. The van der Waals surface area contributed by atoms with E-state index in [1.165, 1.54) is 12.4 Å². The Hall–Kier alpha value is -2.35. The molecule has 2 unspecified atom stereocenters. The quantitative estimate of drug-likeness (QED) is 0.793. The molecule has 0 radical (unpaired) electrons. The minimum absolute atomic E-state index is 0.0207. The van der Waals surface area contributed by atoms with Crippen LogP contribution in [0.2, 0.25) is 5.02 Å². The van der Waals surface area contributed by atoms with Crippen LogP contribution in [0.4, 0.5) is 23.7 Å². The number of nitrogens with zero attached hydrogens (tertiary/aromatic N) is 3. The number of carbonyl (C=O) groups excluding carboxylic acids is 1. The second kappa shape index (κ2) is 6.12. The predicted molar refractivity (Wildman–Crippen MR) is 88.8 cm³/mol. The minimum Gasteiger partial charge on any atom is -0.314 e. The molecule has 0 spiro atoms. The summed E-state index contributed by atoms with van der Waals surface area (Å²) >= 11 is 5.72. The second-order valence-electron chi connectivity index (χ2n) is 6.41. The number of halogens is 4. The summed E-state index contributed by atoms with van der Waals surface area (Å²) in [5.74, 6) is 0. The Morgan fingerprint density at radius 2 is 2.12 bits per heavy atom. The van der Waals surface area contributed by atoms with Crippen molar-refractivity contribution in [3.05, 3.63) is 52.6 Å². The Balaban J connectivity index is 1.56. The van der Waals surface area contributed by atoms with Crippen LogP contribution in [-0.4, -0.2) is 26.9 Å². The van der Waals surface area contributed by atoms with Gasteiger partial charge < -0.3 is 10.2 Å². The van der Waals surface area contributed by atoms with Gasteiger partial charge in [0.2, 0.25) is 0 Å². The lowest BCUT2D eigenvalue weighted by molar-refractivity contribution is -0.137. The van der Waals surface area contributed by atoms with Crippen molar-refractivity contribution in [1.29, 1.82) is 0 Å². The number of nitrogens with one attached hydrogen (secondary N) is 1. The van der Waals surface area contributed by atoms with E-state index in [0.29, 0.717) is 6.42 Å². The maximum atomic E-state index is 12.8. The Labute approximate surface area is 152 Å². The summed E-state index contributed by atoms with van der Waals surface area (Å²) in [6, 6.07) is 2.73. The highest BCUT2D eigenvalue weighted by molar-refractivity contribution is 6.31. The summed E-state index contributed by atoms with van der Waals surface area (Å²) < 4.78 is 38.4. The molecule has 2 amide bonds. The van der Waals surface area contributed by atoms with Crippen molar-refractivity contribution in [2.75, 3.05) is 5.32 Å². The van der Waals surface area contributed by atoms with Crippen molar-refractivity contribution in [1.82, 2.24) is 14.9 Å². The van der Waals surface area contributed by atoms with Crippen LogP contribution in [0.1, 0.15) is 35.7 Å². The van der Waals surface area contributed by atoms with E-state index in [4.69, 9.17) is 11.6 Å². The number of amides is 2. The zero-order valence-electron chi connectivity index (χ0n) is 13.4. The highest BCUT2D eigenvalue weighted by atomic mass is 35.5. The van der Waals surface area contributed by atoms with Crippen LogP contribution in [0.3, 0.4) is 0 Å². The molecule has 9 heteroatoms. The van der Waals surface area contributed by atoms with Crippen LogP contribution in [-0.2, 0) is 12.6 Å². The first-order valence-electron chi connectivity index (χ1n) is 8.09. The zero-order chi connectivity index (χ0) is 18.5. The molecular weight excluding hydrogens is 369 g/mol. The first-order chi connectivity index (χ1) is 12.3. The topological polar surface area (TPSA) is 58.1 Å². The molecule has 0 saturated carbocycles. The van der Waals surface area contributed by atoms with Crippen molar-refractivity contribution >= 4 is 23.3 Å². The first kappa shape index (κ1) is 17.1. The standard InChI is InChI=1S/C17H14ClF3N4O/c18-13-5-9(1-3-12(13)17(19,20)21)24-16(26)25-10-2-4-15(25)11-7-22-8-23-14(11)6-10/h1,3,5,7-8,10,15H,2,4,6H2,(H,24,26). The van der Waals surface area contributed by atoms with E-state index in [1.807, 2.05) is 0 Å². The Kier molecular flexibility index (Phi) is 4.02. The third-order valence-corrected chi connectivity index (χ3v) is 5.19. The summed E-state index contributed by atoms with van der Waals surface area (Å²) in [4.78, 5) is 22.8. The van der Waals surface area contributed by atoms with E-state index in [9.17, 15) is 18.0 Å². The average Bonchev–Trinajstić information content (AvgIpc) is 2.89. The smallest absolute Gasteiger partial charge is 0.314 e. The first-order valence-corrected chi connectivity index (χ1v) is 8.47. The van der Waals surface area contributed by atoms with Crippen molar-refractivity contribution in [2.24, 2.45) is 0 Å². The van der Waals surface area contributed by atoms with Gasteiger partial charge in [-0.25, -0.2) is 14.8 Å². The molecule has 2 atom stereocenters. The van der Waals surface area contributed by atoms with Crippen molar-refractivity contribution in [2.45, 2.75) is 37.5 Å². The van der Waals surface area contributed by atoms with Gasteiger partial charge in [-0.3, -0.25) is 0 Å². The molecule has 2 bridgehead atoms. The number of benzene rings is 1. The van der Waals surface area contributed by atoms with Gasteiger partial charge in [-0.1, -0.05) is 11.6 Å². The molecule has 2 aromatic rings. The van der Waals surface area contributed by atoms with Gasteiger partial charge in [0.25, 0.3) is 0 Å². The molecule has 0 aliphatic carbocycles. The Morgan fingerprint density at radius 1 is 1.31 bits per heavy atom. The van der Waals surface area contributed by atoms with Crippen LogP contribution in [0.15, 0.2) is 30.7 Å². The second-order valence-corrected chi connectivity index (χ2v) is 6.81. The number of anilines is 1. The molecule has 4 rings (SSSR count). The molecule has 3 heterocycles. The van der Waals surface area contributed by atoms with Crippen LogP contribution in [0, 0.1) is 0 Å². The summed E-state index contributed by atoms with van der Waals surface area (Å²) in [5, 5.41) is 2.21. The number of carbonyl (C=O) groups is 1. The molecule has 2 aliphatic rings. The number of rotatable bonds is 1. The molecule has 26 heavy (non-hydrogen) atoms. The number of hydrogen-bond acceptors (Lipinski definition) is 3. The van der Waals surface area contributed by atoms with E-state index in [1.54, 1.807) is 11.1 Å². The molecule has 1 aromatic heterocycles. The average molecular weight is 383 g/mol.